The lowest BCUT2D eigenvalue weighted by atomic mass is 10.2. The van der Waals surface area contributed by atoms with Crippen molar-refractivity contribution in [2.45, 2.75) is 26.8 Å². The standard InChI is InChI=1S/2C8H8O.C3H10N2/c2*1-7-2-4-8(6-9)5-3-7;1-3(5)2-4/h2*2-6H,1H3;3H,2,4-5H2,1H3. The molecule has 0 aliphatic heterocycles. The minimum absolute atomic E-state index is 0.162. The maximum Gasteiger partial charge on any atom is 0.150 e. The van der Waals surface area contributed by atoms with E-state index in [0.29, 0.717) is 6.54 Å². The molecule has 0 aliphatic rings. The van der Waals surface area contributed by atoms with Gasteiger partial charge in [-0.25, -0.2) is 0 Å². The van der Waals surface area contributed by atoms with Crippen molar-refractivity contribution in [3.63, 3.8) is 0 Å². The van der Waals surface area contributed by atoms with Crippen molar-refractivity contribution in [3.8, 4) is 0 Å². The Kier molecular flexibility index (Phi) is 11.0. The molecule has 0 saturated heterocycles. The SMILES string of the molecule is CC(N)CN.Cc1ccc(C=O)cc1.Cc1ccc(C=O)cc1. The molecule has 0 amide bonds. The van der Waals surface area contributed by atoms with Crippen LogP contribution in [0.4, 0.5) is 0 Å². The summed E-state index contributed by atoms with van der Waals surface area (Å²) in [6, 6.07) is 15.1. The maximum atomic E-state index is 10.1. The highest BCUT2D eigenvalue weighted by Gasteiger charge is 1.86. The second kappa shape index (κ2) is 12.3. The van der Waals surface area contributed by atoms with Gasteiger partial charge in [-0.1, -0.05) is 59.7 Å². The second-order valence-corrected chi connectivity index (χ2v) is 5.27. The van der Waals surface area contributed by atoms with Crippen molar-refractivity contribution in [3.05, 3.63) is 70.8 Å². The molecule has 1 atom stereocenters. The van der Waals surface area contributed by atoms with Gasteiger partial charge in [-0.3, -0.25) is 9.59 Å². The first-order chi connectivity index (χ1) is 10.9. The molecule has 23 heavy (non-hydrogen) atoms. The number of nitrogens with two attached hydrogens (primary N) is 2. The Balaban J connectivity index is 0.000000332. The summed E-state index contributed by atoms with van der Waals surface area (Å²) in [4.78, 5) is 20.2. The Morgan fingerprint density at radius 2 is 1.09 bits per heavy atom. The predicted octanol–water partition coefficient (Wildman–Crippen LogP) is 2.91. The Hall–Kier alpha value is -2.30. The van der Waals surface area contributed by atoms with E-state index in [9.17, 15) is 9.59 Å². The van der Waals surface area contributed by atoms with Crippen molar-refractivity contribution in [1.29, 1.82) is 0 Å². The van der Waals surface area contributed by atoms with E-state index in [1.54, 1.807) is 0 Å². The Labute approximate surface area is 138 Å². The fraction of sp³-hybridized carbons (Fsp3) is 0.263. The summed E-state index contributed by atoms with van der Waals surface area (Å²) in [5.41, 5.74) is 14.0. The first-order valence-electron chi connectivity index (χ1n) is 7.42. The molecule has 0 aromatic heterocycles. The fourth-order valence-corrected chi connectivity index (χ4v) is 1.29. The summed E-state index contributed by atoms with van der Waals surface area (Å²) in [6.07, 6.45) is 1.69. The van der Waals surface area contributed by atoms with Crippen molar-refractivity contribution >= 4 is 12.6 Å². The molecule has 2 aromatic carbocycles. The zero-order chi connectivity index (χ0) is 17.7. The lowest BCUT2D eigenvalue weighted by molar-refractivity contribution is 0.111. The third kappa shape index (κ3) is 11.0. The number of benzene rings is 2. The number of aldehydes is 2. The van der Waals surface area contributed by atoms with Crippen LogP contribution in [0.5, 0.6) is 0 Å². The lowest BCUT2D eigenvalue weighted by Crippen LogP contribution is -2.25. The number of aryl methyl sites for hydroxylation is 2. The molecule has 0 radical (unpaired) electrons. The molecule has 2 rings (SSSR count). The summed E-state index contributed by atoms with van der Waals surface area (Å²) in [5.74, 6) is 0. The summed E-state index contributed by atoms with van der Waals surface area (Å²) >= 11 is 0. The molecule has 0 heterocycles. The van der Waals surface area contributed by atoms with Gasteiger partial charge in [0.1, 0.15) is 12.6 Å². The highest BCUT2D eigenvalue weighted by molar-refractivity contribution is 5.74. The molecule has 4 heteroatoms. The van der Waals surface area contributed by atoms with Crippen molar-refractivity contribution in [1.82, 2.24) is 0 Å². The van der Waals surface area contributed by atoms with Crippen molar-refractivity contribution in [2.75, 3.05) is 6.54 Å². The molecule has 0 fully saturated rings. The van der Waals surface area contributed by atoms with Crippen LogP contribution >= 0.6 is 0 Å². The lowest BCUT2D eigenvalue weighted by Gasteiger charge is -1.92. The van der Waals surface area contributed by atoms with Crippen LogP contribution < -0.4 is 11.5 Å². The minimum Gasteiger partial charge on any atom is -0.329 e. The zero-order valence-corrected chi connectivity index (χ0v) is 14.0. The van der Waals surface area contributed by atoms with Crippen LogP contribution in [0.3, 0.4) is 0 Å². The Bertz CT molecular complexity index is 511. The van der Waals surface area contributed by atoms with Gasteiger partial charge in [-0.15, -0.1) is 0 Å². The van der Waals surface area contributed by atoms with Crippen LogP contribution in [-0.2, 0) is 0 Å². The second-order valence-electron chi connectivity index (χ2n) is 5.27. The molecule has 4 nitrogen and oxygen atoms in total. The molecule has 0 bridgehead atoms. The summed E-state index contributed by atoms with van der Waals surface area (Å²) in [5, 5.41) is 0. The normalized spacial score (nSPS) is 10.3. The first kappa shape index (κ1) is 20.7. The third-order valence-corrected chi connectivity index (χ3v) is 2.80. The summed E-state index contributed by atoms with van der Waals surface area (Å²) in [6.45, 7) is 6.45. The molecule has 0 spiro atoms. The molecule has 4 N–H and O–H groups in total. The van der Waals surface area contributed by atoms with E-state index in [1.807, 2.05) is 69.3 Å². The predicted molar refractivity (Wildman–Crippen MR) is 95.8 cm³/mol. The molecule has 0 saturated carbocycles. The number of hydrogen-bond donors (Lipinski definition) is 2. The van der Waals surface area contributed by atoms with E-state index >= 15 is 0 Å². The Morgan fingerprint density at radius 1 is 0.826 bits per heavy atom. The highest BCUT2D eigenvalue weighted by atomic mass is 16.1. The van der Waals surface area contributed by atoms with Gasteiger partial charge in [0.15, 0.2) is 0 Å². The third-order valence-electron chi connectivity index (χ3n) is 2.80. The van der Waals surface area contributed by atoms with Gasteiger partial charge in [0.25, 0.3) is 0 Å². The van der Waals surface area contributed by atoms with E-state index in [2.05, 4.69) is 0 Å². The minimum atomic E-state index is 0.162. The smallest absolute Gasteiger partial charge is 0.150 e. The fourth-order valence-electron chi connectivity index (χ4n) is 1.29. The van der Waals surface area contributed by atoms with Gasteiger partial charge >= 0.3 is 0 Å². The zero-order valence-electron chi connectivity index (χ0n) is 14.0. The van der Waals surface area contributed by atoms with Crippen LogP contribution in [0, 0.1) is 13.8 Å². The van der Waals surface area contributed by atoms with Crippen LogP contribution in [0.25, 0.3) is 0 Å². The van der Waals surface area contributed by atoms with Gasteiger partial charge < -0.3 is 11.5 Å². The molecular weight excluding hydrogens is 288 g/mol. The highest BCUT2D eigenvalue weighted by Crippen LogP contribution is 1.99. The number of rotatable bonds is 3. The average Bonchev–Trinajstić information content (AvgIpc) is 2.57. The monoisotopic (exact) mass is 314 g/mol. The van der Waals surface area contributed by atoms with Crippen molar-refractivity contribution < 1.29 is 9.59 Å². The van der Waals surface area contributed by atoms with Crippen LogP contribution in [0.1, 0.15) is 38.8 Å². The van der Waals surface area contributed by atoms with E-state index in [1.165, 1.54) is 11.1 Å². The van der Waals surface area contributed by atoms with Crippen LogP contribution in [0.15, 0.2) is 48.5 Å². The van der Waals surface area contributed by atoms with E-state index in [-0.39, 0.29) is 6.04 Å². The van der Waals surface area contributed by atoms with Gasteiger partial charge in [0.05, 0.1) is 0 Å². The largest absolute Gasteiger partial charge is 0.329 e. The van der Waals surface area contributed by atoms with Gasteiger partial charge in [0.2, 0.25) is 0 Å². The van der Waals surface area contributed by atoms with E-state index in [0.717, 1.165) is 23.7 Å². The molecule has 124 valence electrons. The topological polar surface area (TPSA) is 86.2 Å². The number of carbonyl (C=O) groups excluding carboxylic acids is 2. The van der Waals surface area contributed by atoms with E-state index in [4.69, 9.17) is 11.5 Å². The van der Waals surface area contributed by atoms with Crippen LogP contribution in [-0.4, -0.2) is 25.2 Å². The van der Waals surface area contributed by atoms with Gasteiger partial charge in [-0.2, -0.15) is 0 Å². The van der Waals surface area contributed by atoms with Gasteiger partial charge in [0, 0.05) is 23.7 Å². The average molecular weight is 314 g/mol. The number of carbonyl (C=O) groups is 2. The van der Waals surface area contributed by atoms with Crippen LogP contribution in [0.2, 0.25) is 0 Å². The summed E-state index contributed by atoms with van der Waals surface area (Å²) in [7, 11) is 0. The van der Waals surface area contributed by atoms with Crippen molar-refractivity contribution in [2.24, 2.45) is 11.5 Å². The molecule has 1 unspecified atom stereocenters. The summed E-state index contributed by atoms with van der Waals surface area (Å²) < 4.78 is 0. The number of hydrogen-bond acceptors (Lipinski definition) is 4. The van der Waals surface area contributed by atoms with Gasteiger partial charge in [-0.05, 0) is 20.8 Å². The quantitative estimate of drug-likeness (QED) is 0.853. The molecule has 2 aromatic rings. The molecular formula is C19H26N2O2. The van der Waals surface area contributed by atoms with E-state index < -0.39 is 0 Å². The Morgan fingerprint density at radius 3 is 1.26 bits per heavy atom. The maximum absolute atomic E-state index is 10.1. The molecule has 0 aliphatic carbocycles. The first-order valence-corrected chi connectivity index (χ1v) is 7.42.